The molecule has 226 valence electrons. The van der Waals surface area contributed by atoms with Crippen LogP contribution in [-0.4, -0.2) is 50.5 Å². The maximum Gasteiger partial charge on any atom is 0.244 e. The number of carbonyl (C=O) groups excluding carboxylic acids is 2. The van der Waals surface area contributed by atoms with Gasteiger partial charge in [-0.05, 0) is 52.8 Å². The van der Waals surface area contributed by atoms with Crippen LogP contribution in [0.1, 0.15) is 57.2 Å². The molecule has 2 amide bonds. The van der Waals surface area contributed by atoms with Crippen LogP contribution >= 0.6 is 11.6 Å². The molecule has 0 aliphatic carbocycles. The molecule has 3 aromatic rings. The highest BCUT2D eigenvalue weighted by Crippen LogP contribution is 2.26. The summed E-state index contributed by atoms with van der Waals surface area (Å²) in [7, 11) is -3.83. The summed E-state index contributed by atoms with van der Waals surface area (Å²) in [6.07, 6.45) is 3.08. The Bertz CT molecular complexity index is 1420. The van der Waals surface area contributed by atoms with E-state index >= 15 is 0 Å². The largest absolute Gasteiger partial charge is 0.354 e. The van der Waals surface area contributed by atoms with Gasteiger partial charge >= 0.3 is 0 Å². The van der Waals surface area contributed by atoms with Crippen molar-refractivity contribution in [2.75, 3.05) is 23.7 Å². The first-order valence-electron chi connectivity index (χ1n) is 14.2. The Kier molecular flexibility index (Phi) is 11.6. The Morgan fingerprint density at radius 1 is 0.905 bits per heavy atom. The van der Waals surface area contributed by atoms with Crippen molar-refractivity contribution in [2.45, 2.75) is 65.0 Å². The molecule has 0 spiro atoms. The number of hydrogen-bond acceptors (Lipinski definition) is 4. The summed E-state index contributed by atoms with van der Waals surface area (Å²) in [5.74, 6) is -0.767. The lowest BCUT2D eigenvalue weighted by atomic mass is 9.87. The second kappa shape index (κ2) is 14.7. The summed E-state index contributed by atoms with van der Waals surface area (Å²) in [6.45, 7) is 8.41. The summed E-state index contributed by atoms with van der Waals surface area (Å²) in [4.78, 5) is 29.3. The van der Waals surface area contributed by atoms with E-state index in [-0.39, 0.29) is 24.3 Å². The van der Waals surface area contributed by atoms with Crippen molar-refractivity contribution >= 4 is 39.1 Å². The third-order valence-electron chi connectivity index (χ3n) is 7.07. The number of halogens is 1. The number of hydrogen-bond donors (Lipinski definition) is 1. The number of nitrogens with zero attached hydrogens (tertiary/aromatic N) is 2. The highest BCUT2D eigenvalue weighted by atomic mass is 35.5. The van der Waals surface area contributed by atoms with E-state index < -0.39 is 28.5 Å². The molecular formula is C33H42ClN3O4S. The van der Waals surface area contributed by atoms with Gasteiger partial charge in [0.05, 0.1) is 11.9 Å². The molecule has 9 heteroatoms. The van der Waals surface area contributed by atoms with E-state index in [4.69, 9.17) is 11.6 Å². The maximum absolute atomic E-state index is 14.2. The first-order chi connectivity index (χ1) is 19.8. The second-order valence-electron chi connectivity index (χ2n) is 11.6. The minimum Gasteiger partial charge on any atom is -0.354 e. The van der Waals surface area contributed by atoms with E-state index in [1.54, 1.807) is 36.4 Å². The molecule has 0 heterocycles. The van der Waals surface area contributed by atoms with Crippen LogP contribution in [0.3, 0.4) is 0 Å². The quantitative estimate of drug-likeness (QED) is 0.242. The van der Waals surface area contributed by atoms with Crippen molar-refractivity contribution in [2.24, 2.45) is 0 Å². The van der Waals surface area contributed by atoms with Crippen molar-refractivity contribution < 1.29 is 18.0 Å². The molecule has 0 aliphatic heterocycles. The first-order valence-corrected chi connectivity index (χ1v) is 16.5. The second-order valence-corrected chi connectivity index (χ2v) is 13.9. The van der Waals surface area contributed by atoms with Crippen molar-refractivity contribution in [1.82, 2.24) is 10.2 Å². The SMILES string of the molecule is CCCCNC(=O)[C@@H](Cc1ccccc1)N(Cc1ccc(Cl)cc1)C(=O)CN(c1ccc(C(C)(C)C)cc1)S(C)(=O)=O. The lowest BCUT2D eigenvalue weighted by molar-refractivity contribution is -0.140. The maximum atomic E-state index is 14.2. The molecule has 0 aliphatic rings. The monoisotopic (exact) mass is 611 g/mol. The van der Waals surface area contributed by atoms with Gasteiger partial charge in [0.25, 0.3) is 0 Å². The van der Waals surface area contributed by atoms with E-state index in [9.17, 15) is 18.0 Å². The summed E-state index contributed by atoms with van der Waals surface area (Å²) < 4.78 is 27.1. The van der Waals surface area contributed by atoms with Gasteiger partial charge in [-0.2, -0.15) is 0 Å². The van der Waals surface area contributed by atoms with Crippen LogP contribution in [0, 0.1) is 0 Å². The minimum atomic E-state index is -3.83. The average molecular weight is 612 g/mol. The van der Waals surface area contributed by atoms with Crippen molar-refractivity contribution in [1.29, 1.82) is 0 Å². The van der Waals surface area contributed by atoms with Crippen LogP contribution in [0.25, 0.3) is 0 Å². The van der Waals surface area contributed by atoms with Gasteiger partial charge in [0, 0.05) is 24.5 Å². The molecule has 0 unspecified atom stereocenters. The highest BCUT2D eigenvalue weighted by molar-refractivity contribution is 7.92. The summed E-state index contributed by atoms with van der Waals surface area (Å²) >= 11 is 6.11. The average Bonchev–Trinajstić information content (AvgIpc) is 2.94. The van der Waals surface area contributed by atoms with Crippen molar-refractivity contribution in [3.05, 3.63) is 101 Å². The zero-order valence-corrected chi connectivity index (χ0v) is 26.7. The molecule has 3 rings (SSSR count). The summed E-state index contributed by atoms with van der Waals surface area (Å²) in [5, 5.41) is 3.54. The Morgan fingerprint density at radius 2 is 1.52 bits per heavy atom. The molecule has 0 fully saturated rings. The van der Waals surface area contributed by atoms with E-state index in [0.717, 1.165) is 40.1 Å². The predicted molar refractivity (Wildman–Crippen MR) is 171 cm³/mol. The third kappa shape index (κ3) is 9.60. The van der Waals surface area contributed by atoms with E-state index in [1.165, 1.54) is 4.90 Å². The van der Waals surface area contributed by atoms with Crippen LogP contribution in [0.5, 0.6) is 0 Å². The number of sulfonamides is 1. The number of amides is 2. The van der Waals surface area contributed by atoms with E-state index in [1.807, 2.05) is 49.4 Å². The van der Waals surface area contributed by atoms with Gasteiger partial charge in [-0.3, -0.25) is 13.9 Å². The van der Waals surface area contributed by atoms with Gasteiger partial charge in [0.2, 0.25) is 21.8 Å². The lowest BCUT2D eigenvalue weighted by Crippen LogP contribution is -2.53. The number of nitrogens with one attached hydrogen (secondary N) is 1. The fourth-order valence-corrected chi connectivity index (χ4v) is 5.56. The van der Waals surface area contributed by atoms with Gasteiger partial charge in [-0.25, -0.2) is 8.42 Å². The Morgan fingerprint density at radius 3 is 2.07 bits per heavy atom. The molecule has 42 heavy (non-hydrogen) atoms. The predicted octanol–water partition coefficient (Wildman–Crippen LogP) is 5.96. The molecule has 0 saturated heterocycles. The third-order valence-corrected chi connectivity index (χ3v) is 8.46. The summed E-state index contributed by atoms with van der Waals surface area (Å²) in [5.41, 5.74) is 2.97. The lowest BCUT2D eigenvalue weighted by Gasteiger charge is -2.33. The number of carbonyl (C=O) groups is 2. The van der Waals surface area contributed by atoms with Crippen LogP contribution in [0.2, 0.25) is 5.02 Å². The highest BCUT2D eigenvalue weighted by Gasteiger charge is 2.33. The molecular weight excluding hydrogens is 570 g/mol. The zero-order valence-electron chi connectivity index (χ0n) is 25.1. The van der Waals surface area contributed by atoms with Crippen LogP contribution in [0.4, 0.5) is 5.69 Å². The summed E-state index contributed by atoms with van der Waals surface area (Å²) in [6, 6.07) is 22.9. The van der Waals surface area contributed by atoms with Crippen LogP contribution in [0.15, 0.2) is 78.9 Å². The molecule has 0 bridgehead atoms. The van der Waals surface area contributed by atoms with Gasteiger partial charge in [0.15, 0.2) is 0 Å². The topological polar surface area (TPSA) is 86.8 Å². The standard InChI is InChI=1S/C33H42ClN3O4S/c1-6-7-21-35-32(39)30(22-25-11-9-8-10-12-25)36(23-26-13-17-28(34)18-14-26)31(38)24-37(42(5,40)41)29-19-15-27(16-20-29)33(2,3)4/h8-20,30H,6-7,21-24H2,1-5H3,(H,35,39)/t30-/m1/s1. The molecule has 7 nitrogen and oxygen atoms in total. The number of benzene rings is 3. The molecule has 1 N–H and O–H groups in total. The van der Waals surface area contributed by atoms with E-state index in [0.29, 0.717) is 17.3 Å². The normalized spacial score (nSPS) is 12.4. The molecule has 1 atom stereocenters. The zero-order chi connectivity index (χ0) is 30.9. The van der Waals surface area contributed by atoms with E-state index in [2.05, 4.69) is 26.1 Å². The Balaban J connectivity index is 2.02. The van der Waals surface area contributed by atoms with Gasteiger partial charge in [-0.15, -0.1) is 0 Å². The Labute approximate surface area is 255 Å². The molecule has 0 radical (unpaired) electrons. The van der Waals surface area contributed by atoms with Gasteiger partial charge < -0.3 is 10.2 Å². The van der Waals surface area contributed by atoms with Crippen molar-refractivity contribution in [3.63, 3.8) is 0 Å². The van der Waals surface area contributed by atoms with Gasteiger partial charge in [-0.1, -0.05) is 100 Å². The smallest absolute Gasteiger partial charge is 0.244 e. The molecule has 3 aromatic carbocycles. The van der Waals surface area contributed by atoms with Crippen molar-refractivity contribution in [3.8, 4) is 0 Å². The van der Waals surface area contributed by atoms with Crippen LogP contribution < -0.4 is 9.62 Å². The number of rotatable bonds is 13. The molecule has 0 saturated carbocycles. The fourth-order valence-electron chi connectivity index (χ4n) is 4.59. The first kappa shape index (κ1) is 33.1. The number of unbranched alkanes of at least 4 members (excludes halogenated alkanes) is 1. The molecule has 0 aromatic heterocycles. The van der Waals surface area contributed by atoms with Gasteiger partial charge in [0.1, 0.15) is 12.6 Å². The Hall–Kier alpha value is -3.36. The van der Waals surface area contributed by atoms with Crippen LogP contribution in [-0.2, 0) is 38.0 Å². The number of anilines is 1. The minimum absolute atomic E-state index is 0.106. The fraction of sp³-hybridized carbons (Fsp3) is 0.394.